The zero-order valence-electron chi connectivity index (χ0n) is 17.8. The number of carbonyl (C=O) groups excluding carboxylic acids is 2. The summed E-state index contributed by atoms with van der Waals surface area (Å²) in [7, 11) is 4.48. The fraction of sp³-hybridized carbons (Fsp3) is 0.524. The van der Waals surface area contributed by atoms with Gasteiger partial charge in [0.05, 0.1) is 21.3 Å². The SMILES string of the molecule is COc1cc(/C=C/C(=O)OC2C(=O)OC3C4OC(C)(C)OC4OC23)cc(OC)c1OC. The first-order chi connectivity index (χ1) is 14.8. The average molecular weight is 436 g/mol. The Bertz CT molecular complexity index is 882. The first kappa shape index (κ1) is 21.4. The molecule has 10 nitrogen and oxygen atoms in total. The molecule has 0 amide bonds. The van der Waals surface area contributed by atoms with E-state index in [0.29, 0.717) is 22.8 Å². The van der Waals surface area contributed by atoms with Gasteiger partial charge in [0.1, 0.15) is 6.10 Å². The molecule has 3 aliphatic rings. The summed E-state index contributed by atoms with van der Waals surface area (Å²) in [6.45, 7) is 3.48. The number of benzene rings is 1. The van der Waals surface area contributed by atoms with Crippen molar-refractivity contribution < 1.29 is 47.5 Å². The first-order valence-electron chi connectivity index (χ1n) is 9.66. The van der Waals surface area contributed by atoms with E-state index in [2.05, 4.69) is 0 Å². The number of methoxy groups -OCH3 is 3. The molecule has 0 saturated carbocycles. The second-order valence-corrected chi connectivity index (χ2v) is 7.62. The lowest BCUT2D eigenvalue weighted by Gasteiger charge is -2.21. The van der Waals surface area contributed by atoms with Crippen molar-refractivity contribution in [2.45, 2.75) is 50.3 Å². The molecule has 1 aromatic carbocycles. The Labute approximate surface area is 178 Å². The standard InChI is InChI=1S/C21H24O10/c1-21(2)30-18-16-15(29-20(18)31-21)17(19(23)28-16)27-13(22)7-6-10-8-11(24-3)14(26-5)12(9-10)25-4/h6-9,15-18,20H,1-5H3/b7-6+. The molecule has 3 saturated heterocycles. The third-order valence-corrected chi connectivity index (χ3v) is 5.15. The van der Waals surface area contributed by atoms with Gasteiger partial charge < -0.3 is 37.9 Å². The number of carbonyl (C=O) groups is 2. The Balaban J connectivity index is 1.44. The van der Waals surface area contributed by atoms with E-state index < -0.39 is 48.4 Å². The zero-order chi connectivity index (χ0) is 22.3. The van der Waals surface area contributed by atoms with Crippen LogP contribution in [-0.4, -0.2) is 69.8 Å². The quantitative estimate of drug-likeness (QED) is 0.480. The fourth-order valence-corrected chi connectivity index (χ4v) is 3.86. The molecule has 0 bridgehead atoms. The molecule has 0 aliphatic carbocycles. The molecule has 0 N–H and O–H groups in total. The zero-order valence-corrected chi connectivity index (χ0v) is 17.8. The molecule has 10 heteroatoms. The maximum absolute atomic E-state index is 12.4. The monoisotopic (exact) mass is 436 g/mol. The van der Waals surface area contributed by atoms with Crippen molar-refractivity contribution >= 4 is 18.0 Å². The Hall–Kier alpha value is -2.82. The predicted octanol–water partition coefficient (Wildman–Crippen LogP) is 1.44. The van der Waals surface area contributed by atoms with E-state index >= 15 is 0 Å². The lowest BCUT2D eigenvalue weighted by Crippen LogP contribution is -2.37. The van der Waals surface area contributed by atoms with Crippen LogP contribution in [0, 0.1) is 0 Å². The highest BCUT2D eigenvalue weighted by atomic mass is 16.9. The number of rotatable bonds is 6. The molecule has 168 valence electrons. The van der Waals surface area contributed by atoms with Crippen molar-refractivity contribution in [3.8, 4) is 17.2 Å². The van der Waals surface area contributed by atoms with E-state index in [1.165, 1.54) is 33.5 Å². The summed E-state index contributed by atoms with van der Waals surface area (Å²) in [5.74, 6) is -0.960. The molecule has 31 heavy (non-hydrogen) atoms. The van der Waals surface area contributed by atoms with Gasteiger partial charge in [0.2, 0.25) is 11.9 Å². The maximum atomic E-state index is 12.4. The van der Waals surface area contributed by atoms with Crippen LogP contribution in [0.1, 0.15) is 19.4 Å². The van der Waals surface area contributed by atoms with E-state index in [1.807, 2.05) is 0 Å². The normalized spacial score (nSPS) is 30.6. The smallest absolute Gasteiger partial charge is 0.350 e. The van der Waals surface area contributed by atoms with Crippen molar-refractivity contribution in [3.63, 3.8) is 0 Å². The topological polar surface area (TPSA) is 108 Å². The first-order valence-corrected chi connectivity index (χ1v) is 9.66. The fourth-order valence-electron chi connectivity index (χ4n) is 3.86. The molecule has 0 aromatic heterocycles. The Kier molecular flexibility index (Phi) is 5.54. The third kappa shape index (κ3) is 3.93. The van der Waals surface area contributed by atoms with E-state index in [0.717, 1.165) is 0 Å². The molecule has 4 rings (SSSR count). The van der Waals surface area contributed by atoms with Crippen LogP contribution in [0.4, 0.5) is 0 Å². The van der Waals surface area contributed by atoms with E-state index in [-0.39, 0.29) is 0 Å². The van der Waals surface area contributed by atoms with Crippen LogP contribution >= 0.6 is 0 Å². The van der Waals surface area contributed by atoms with Gasteiger partial charge in [-0.25, -0.2) is 9.59 Å². The van der Waals surface area contributed by atoms with Gasteiger partial charge in [-0.1, -0.05) is 0 Å². The molecular weight excluding hydrogens is 412 g/mol. The molecule has 3 aliphatic heterocycles. The summed E-state index contributed by atoms with van der Waals surface area (Å²) in [4.78, 5) is 24.6. The molecular formula is C21H24O10. The van der Waals surface area contributed by atoms with Gasteiger partial charge in [-0.3, -0.25) is 0 Å². The van der Waals surface area contributed by atoms with Crippen molar-refractivity contribution in [1.82, 2.24) is 0 Å². The Morgan fingerprint density at radius 3 is 2.29 bits per heavy atom. The van der Waals surface area contributed by atoms with Crippen LogP contribution in [0.2, 0.25) is 0 Å². The van der Waals surface area contributed by atoms with Crippen LogP contribution in [0.3, 0.4) is 0 Å². The number of fused-ring (bicyclic) bond motifs is 3. The van der Waals surface area contributed by atoms with E-state index in [1.54, 1.807) is 26.0 Å². The van der Waals surface area contributed by atoms with Gasteiger partial charge >= 0.3 is 11.9 Å². The molecule has 1 aromatic rings. The highest BCUT2D eigenvalue weighted by Crippen LogP contribution is 2.43. The van der Waals surface area contributed by atoms with Crippen LogP contribution in [-0.2, 0) is 33.3 Å². The Morgan fingerprint density at radius 2 is 1.68 bits per heavy atom. The average Bonchev–Trinajstić information content (AvgIpc) is 3.31. The molecule has 0 spiro atoms. The largest absolute Gasteiger partial charge is 0.493 e. The van der Waals surface area contributed by atoms with Crippen LogP contribution in [0.25, 0.3) is 6.08 Å². The number of esters is 2. The van der Waals surface area contributed by atoms with Gasteiger partial charge in [0, 0.05) is 6.08 Å². The number of hydrogen-bond donors (Lipinski definition) is 0. The van der Waals surface area contributed by atoms with Gasteiger partial charge in [-0.2, -0.15) is 0 Å². The minimum atomic E-state index is -1.21. The Morgan fingerprint density at radius 1 is 1.00 bits per heavy atom. The minimum absolute atomic E-state index is 0.431. The third-order valence-electron chi connectivity index (χ3n) is 5.15. The van der Waals surface area contributed by atoms with Crippen LogP contribution in [0.5, 0.6) is 17.2 Å². The second kappa shape index (κ2) is 8.03. The summed E-state index contributed by atoms with van der Waals surface area (Å²) in [6, 6.07) is 3.34. The number of ether oxygens (including phenoxy) is 8. The lowest BCUT2D eigenvalue weighted by molar-refractivity contribution is -0.216. The molecule has 3 heterocycles. The van der Waals surface area contributed by atoms with Gasteiger partial charge in [0.25, 0.3) is 0 Å². The highest BCUT2D eigenvalue weighted by molar-refractivity contribution is 5.90. The molecule has 0 radical (unpaired) electrons. The second-order valence-electron chi connectivity index (χ2n) is 7.62. The summed E-state index contributed by atoms with van der Waals surface area (Å²) in [5.41, 5.74) is 0.606. The van der Waals surface area contributed by atoms with Crippen molar-refractivity contribution in [3.05, 3.63) is 23.8 Å². The molecule has 3 fully saturated rings. The summed E-state index contributed by atoms with van der Waals surface area (Å²) < 4.78 is 43.6. The highest BCUT2D eigenvalue weighted by Gasteiger charge is 2.64. The van der Waals surface area contributed by atoms with Crippen LogP contribution in [0.15, 0.2) is 18.2 Å². The summed E-state index contributed by atoms with van der Waals surface area (Å²) in [6.07, 6.45) is -1.26. The van der Waals surface area contributed by atoms with Gasteiger partial charge in [0.15, 0.2) is 35.8 Å². The minimum Gasteiger partial charge on any atom is -0.493 e. The van der Waals surface area contributed by atoms with Crippen LogP contribution < -0.4 is 14.2 Å². The van der Waals surface area contributed by atoms with Crippen molar-refractivity contribution in [2.24, 2.45) is 0 Å². The molecule has 5 unspecified atom stereocenters. The summed E-state index contributed by atoms with van der Waals surface area (Å²) in [5, 5.41) is 0. The predicted molar refractivity (Wildman–Crippen MR) is 104 cm³/mol. The van der Waals surface area contributed by atoms with Crippen molar-refractivity contribution in [1.29, 1.82) is 0 Å². The number of hydrogen-bond acceptors (Lipinski definition) is 10. The van der Waals surface area contributed by atoms with E-state index in [4.69, 9.17) is 37.9 Å². The van der Waals surface area contributed by atoms with Gasteiger partial charge in [-0.15, -0.1) is 0 Å². The van der Waals surface area contributed by atoms with Crippen molar-refractivity contribution in [2.75, 3.05) is 21.3 Å². The van der Waals surface area contributed by atoms with E-state index in [9.17, 15) is 9.59 Å². The maximum Gasteiger partial charge on any atom is 0.350 e. The summed E-state index contributed by atoms with van der Waals surface area (Å²) >= 11 is 0. The lowest BCUT2D eigenvalue weighted by atomic mass is 10.1. The van der Waals surface area contributed by atoms with Gasteiger partial charge in [-0.05, 0) is 37.6 Å². The molecule has 5 atom stereocenters.